The van der Waals surface area contributed by atoms with E-state index >= 15 is 0 Å². The van der Waals surface area contributed by atoms with Crippen LogP contribution in [0.1, 0.15) is 39.8 Å². The number of nitrogens with zero attached hydrogens (tertiary/aromatic N) is 1. The lowest BCUT2D eigenvalue weighted by Crippen LogP contribution is -2.29. The van der Waals surface area contributed by atoms with Crippen molar-refractivity contribution in [2.75, 3.05) is 6.61 Å². The molecule has 1 N–H and O–H groups in total. The van der Waals surface area contributed by atoms with Crippen LogP contribution < -0.4 is 5.32 Å². The molecule has 1 unspecified atom stereocenters. The van der Waals surface area contributed by atoms with Crippen molar-refractivity contribution in [2.24, 2.45) is 0 Å². The number of pyridine rings is 1. The van der Waals surface area contributed by atoms with Crippen molar-refractivity contribution in [3.05, 3.63) is 30.1 Å². The Bertz CT molecular complexity index is 328. The normalized spacial score (nSPS) is 9.94. The smallest absolute Gasteiger partial charge is 0.333 e. The van der Waals surface area contributed by atoms with E-state index in [0.29, 0.717) is 12.0 Å². The molecule has 1 rings (SSSR count). The van der Waals surface area contributed by atoms with Crippen LogP contribution in [0.15, 0.2) is 24.5 Å². The van der Waals surface area contributed by atoms with Crippen LogP contribution in [0.2, 0.25) is 0 Å². The van der Waals surface area contributed by atoms with Crippen LogP contribution in [0.25, 0.3) is 0 Å². The SMILES string of the molecule is C.CC.CCOC(=O)C(NC=O)c1cccnc1. The molecule has 0 spiro atoms. The molecule has 0 fully saturated rings. The molecular weight excluding hydrogens is 232 g/mol. The minimum absolute atomic E-state index is 0. The molecule has 0 bridgehead atoms. The summed E-state index contributed by atoms with van der Waals surface area (Å²) in [5.41, 5.74) is 0.600. The highest BCUT2D eigenvalue weighted by molar-refractivity contribution is 5.79. The second-order valence-corrected chi connectivity index (χ2v) is 2.76. The van der Waals surface area contributed by atoms with Crippen molar-refractivity contribution in [3.63, 3.8) is 0 Å². The van der Waals surface area contributed by atoms with Crippen molar-refractivity contribution in [2.45, 2.75) is 34.2 Å². The Balaban J connectivity index is 0. The maximum absolute atomic E-state index is 11.5. The summed E-state index contributed by atoms with van der Waals surface area (Å²) in [6.07, 6.45) is 3.57. The van der Waals surface area contributed by atoms with Gasteiger partial charge in [0.15, 0.2) is 6.04 Å². The maximum atomic E-state index is 11.5. The van der Waals surface area contributed by atoms with Crippen molar-refractivity contribution in [1.29, 1.82) is 0 Å². The van der Waals surface area contributed by atoms with Gasteiger partial charge in [0.1, 0.15) is 0 Å². The number of carbonyl (C=O) groups excluding carboxylic acids is 2. The standard InChI is InChI=1S/C10H12N2O3.C2H6.CH4/c1-2-15-10(14)9(12-7-13)8-4-3-5-11-6-8;1-2;/h3-7,9H,2H2,1H3,(H,12,13);1-2H3;1H4. The van der Waals surface area contributed by atoms with E-state index in [0.717, 1.165) is 0 Å². The van der Waals surface area contributed by atoms with Gasteiger partial charge < -0.3 is 10.1 Å². The lowest BCUT2D eigenvalue weighted by atomic mass is 10.1. The third-order valence-corrected chi connectivity index (χ3v) is 1.77. The molecule has 18 heavy (non-hydrogen) atoms. The first-order chi connectivity index (χ1) is 8.29. The molecule has 0 aliphatic carbocycles. The molecule has 102 valence electrons. The number of nitrogens with one attached hydrogen (secondary N) is 1. The molecule has 1 aromatic heterocycles. The first-order valence-corrected chi connectivity index (χ1v) is 5.55. The average Bonchev–Trinajstić information content (AvgIpc) is 2.39. The van der Waals surface area contributed by atoms with Gasteiger partial charge in [0.2, 0.25) is 6.41 Å². The Morgan fingerprint density at radius 3 is 2.67 bits per heavy atom. The van der Waals surface area contributed by atoms with E-state index in [1.807, 2.05) is 13.8 Å². The second kappa shape index (κ2) is 11.6. The third-order valence-electron chi connectivity index (χ3n) is 1.77. The highest BCUT2D eigenvalue weighted by Gasteiger charge is 2.20. The summed E-state index contributed by atoms with van der Waals surface area (Å²) in [7, 11) is 0. The van der Waals surface area contributed by atoms with Gasteiger partial charge in [-0.3, -0.25) is 9.78 Å². The lowest BCUT2D eigenvalue weighted by molar-refractivity contribution is -0.146. The van der Waals surface area contributed by atoms with E-state index in [1.165, 1.54) is 6.20 Å². The molecule has 1 amide bonds. The van der Waals surface area contributed by atoms with Crippen molar-refractivity contribution < 1.29 is 14.3 Å². The molecule has 5 nitrogen and oxygen atoms in total. The monoisotopic (exact) mass is 254 g/mol. The van der Waals surface area contributed by atoms with E-state index in [9.17, 15) is 9.59 Å². The fraction of sp³-hybridized carbons (Fsp3) is 0.462. The second-order valence-electron chi connectivity index (χ2n) is 2.76. The molecule has 0 aromatic carbocycles. The number of aromatic nitrogens is 1. The minimum atomic E-state index is -0.781. The summed E-state index contributed by atoms with van der Waals surface area (Å²) < 4.78 is 4.82. The van der Waals surface area contributed by atoms with E-state index < -0.39 is 12.0 Å². The minimum Gasteiger partial charge on any atom is -0.464 e. The lowest BCUT2D eigenvalue weighted by Gasteiger charge is -2.13. The van der Waals surface area contributed by atoms with Gasteiger partial charge in [-0.2, -0.15) is 0 Å². The van der Waals surface area contributed by atoms with Gasteiger partial charge in [-0.25, -0.2) is 4.79 Å². The Morgan fingerprint density at radius 2 is 2.22 bits per heavy atom. The highest BCUT2D eigenvalue weighted by atomic mass is 16.5. The van der Waals surface area contributed by atoms with Gasteiger partial charge >= 0.3 is 5.97 Å². The number of carbonyl (C=O) groups is 2. The number of esters is 1. The topological polar surface area (TPSA) is 68.3 Å². The summed E-state index contributed by atoms with van der Waals surface area (Å²) in [6, 6.07) is 2.61. The number of amides is 1. The average molecular weight is 254 g/mol. The van der Waals surface area contributed by atoms with Crippen molar-refractivity contribution >= 4 is 12.4 Å². The molecule has 0 aliphatic rings. The van der Waals surface area contributed by atoms with E-state index in [1.54, 1.807) is 25.3 Å². The van der Waals surface area contributed by atoms with Crippen LogP contribution in [-0.4, -0.2) is 24.0 Å². The van der Waals surface area contributed by atoms with E-state index in [2.05, 4.69) is 10.3 Å². The molecule has 5 heteroatoms. The number of ether oxygens (including phenoxy) is 1. The van der Waals surface area contributed by atoms with Gasteiger partial charge in [-0.15, -0.1) is 0 Å². The van der Waals surface area contributed by atoms with E-state index in [-0.39, 0.29) is 14.0 Å². The summed E-state index contributed by atoms with van der Waals surface area (Å²) in [4.78, 5) is 25.7. The van der Waals surface area contributed by atoms with Crippen LogP contribution >= 0.6 is 0 Å². The largest absolute Gasteiger partial charge is 0.464 e. The fourth-order valence-corrected chi connectivity index (χ4v) is 1.14. The predicted octanol–water partition coefficient (Wildman–Crippen LogP) is 2.09. The Morgan fingerprint density at radius 1 is 1.56 bits per heavy atom. The van der Waals surface area contributed by atoms with E-state index in [4.69, 9.17) is 4.74 Å². The summed E-state index contributed by atoms with van der Waals surface area (Å²) in [6.45, 7) is 5.98. The fourth-order valence-electron chi connectivity index (χ4n) is 1.14. The zero-order valence-corrected chi connectivity index (χ0v) is 10.3. The van der Waals surface area contributed by atoms with Crippen LogP contribution in [-0.2, 0) is 14.3 Å². The molecule has 1 atom stereocenters. The van der Waals surface area contributed by atoms with Crippen LogP contribution in [0.3, 0.4) is 0 Å². The third kappa shape index (κ3) is 5.98. The molecule has 0 aliphatic heterocycles. The zero-order valence-electron chi connectivity index (χ0n) is 10.3. The van der Waals surface area contributed by atoms with Crippen LogP contribution in [0.5, 0.6) is 0 Å². The summed E-state index contributed by atoms with van der Waals surface area (Å²) in [5.74, 6) is -0.488. The molecule has 1 aromatic rings. The molecule has 1 heterocycles. The Hall–Kier alpha value is -1.91. The van der Waals surface area contributed by atoms with Crippen LogP contribution in [0, 0.1) is 0 Å². The van der Waals surface area contributed by atoms with Gasteiger partial charge in [0.25, 0.3) is 0 Å². The zero-order chi connectivity index (χ0) is 13.1. The molecule has 0 saturated heterocycles. The Labute approximate surface area is 109 Å². The Kier molecular flexibility index (Phi) is 11.9. The molecular formula is C13H22N2O3. The quantitative estimate of drug-likeness (QED) is 0.645. The van der Waals surface area contributed by atoms with Crippen molar-refractivity contribution in [3.8, 4) is 0 Å². The first-order valence-electron chi connectivity index (χ1n) is 5.55. The van der Waals surface area contributed by atoms with Gasteiger partial charge in [0, 0.05) is 18.0 Å². The number of hydrogen-bond donors (Lipinski definition) is 1. The first kappa shape index (κ1) is 18.5. The van der Waals surface area contributed by atoms with Gasteiger partial charge in [-0.05, 0) is 13.0 Å². The van der Waals surface area contributed by atoms with Gasteiger partial charge in [0.05, 0.1) is 6.61 Å². The molecule has 0 radical (unpaired) electrons. The maximum Gasteiger partial charge on any atom is 0.333 e. The van der Waals surface area contributed by atoms with Crippen molar-refractivity contribution in [1.82, 2.24) is 10.3 Å². The summed E-state index contributed by atoms with van der Waals surface area (Å²) >= 11 is 0. The highest BCUT2D eigenvalue weighted by Crippen LogP contribution is 2.12. The molecule has 0 saturated carbocycles. The number of rotatable bonds is 5. The summed E-state index contributed by atoms with van der Waals surface area (Å²) in [5, 5.41) is 2.39. The number of hydrogen-bond acceptors (Lipinski definition) is 4. The van der Waals surface area contributed by atoms with Gasteiger partial charge in [-0.1, -0.05) is 27.3 Å². The van der Waals surface area contributed by atoms with Crippen LogP contribution in [0.4, 0.5) is 0 Å². The predicted molar refractivity (Wildman–Crippen MR) is 70.9 cm³/mol.